The lowest BCUT2D eigenvalue weighted by molar-refractivity contribution is -0.192. The second kappa shape index (κ2) is 20.0. The van der Waals surface area contributed by atoms with Gasteiger partial charge in [-0.15, -0.1) is 0 Å². The Hall–Kier alpha value is -3.97. The fourth-order valence-corrected chi connectivity index (χ4v) is 6.68. The van der Waals surface area contributed by atoms with Crippen LogP contribution < -0.4 is 11.1 Å². The molecule has 0 unspecified atom stereocenters. The maximum absolute atomic E-state index is 13.3. The predicted molar refractivity (Wildman–Crippen MR) is 185 cm³/mol. The number of aromatic hydroxyl groups is 1. The number of amides is 1. The first kappa shape index (κ1) is 40.5. The van der Waals surface area contributed by atoms with Gasteiger partial charge in [0.05, 0.1) is 12.7 Å². The van der Waals surface area contributed by atoms with E-state index in [0.29, 0.717) is 17.7 Å². The molecule has 1 aliphatic rings. The van der Waals surface area contributed by atoms with Gasteiger partial charge in [-0.3, -0.25) is 4.79 Å². The molecule has 1 aliphatic heterocycles. The van der Waals surface area contributed by atoms with Crippen LogP contribution in [0.4, 0.5) is 13.2 Å². The number of aliphatic hydroxyl groups excluding tert-OH is 2. The minimum atomic E-state index is -5.08. The van der Waals surface area contributed by atoms with Crippen molar-refractivity contribution in [3.63, 3.8) is 0 Å². The number of hydrogen-bond acceptors (Lipinski definition) is 7. The van der Waals surface area contributed by atoms with Crippen LogP contribution in [-0.2, 0) is 21.6 Å². The number of alkyl halides is 3. The number of carbonyl (C=O) groups is 2. The molecule has 0 aromatic heterocycles. The number of carbonyl (C=O) groups excluding carboxylic acids is 1. The summed E-state index contributed by atoms with van der Waals surface area (Å²) in [6.07, 6.45) is 3.50. The van der Waals surface area contributed by atoms with E-state index in [0.717, 1.165) is 50.1 Å². The smallest absolute Gasteiger partial charge is 0.490 e. The Labute approximate surface area is 291 Å². The minimum absolute atomic E-state index is 0.0463. The normalized spacial score (nSPS) is 15.7. The molecule has 0 radical (unpaired) electrons. The lowest BCUT2D eigenvalue weighted by Crippen LogP contribution is -2.49. The number of aliphatic hydroxyl groups is 2. The molecule has 3 aromatic carbocycles. The zero-order valence-corrected chi connectivity index (χ0v) is 28.3. The lowest BCUT2D eigenvalue weighted by atomic mass is 9.64. The maximum Gasteiger partial charge on any atom is 0.490 e. The molecule has 4 rings (SSSR count). The van der Waals surface area contributed by atoms with Crippen molar-refractivity contribution < 1.29 is 43.2 Å². The number of carboxylic acid groups (broad SMARTS) is 1. The Morgan fingerprint density at radius 1 is 0.880 bits per heavy atom. The number of nitrogens with one attached hydrogen (secondary N) is 1. The molecular formula is C38H50F3N3O6. The van der Waals surface area contributed by atoms with Crippen LogP contribution in [0.15, 0.2) is 78.9 Å². The highest BCUT2D eigenvalue weighted by atomic mass is 19.4. The molecule has 1 heterocycles. The zero-order valence-electron chi connectivity index (χ0n) is 28.3. The molecule has 0 spiro atoms. The van der Waals surface area contributed by atoms with Crippen LogP contribution >= 0.6 is 0 Å². The van der Waals surface area contributed by atoms with Gasteiger partial charge in [-0.2, -0.15) is 13.2 Å². The van der Waals surface area contributed by atoms with Crippen LogP contribution in [0.25, 0.3) is 0 Å². The number of aliphatic carboxylic acids is 1. The molecule has 0 aliphatic carbocycles. The fraction of sp³-hybridized carbons (Fsp3) is 0.474. The van der Waals surface area contributed by atoms with Crippen LogP contribution in [0.1, 0.15) is 79.7 Å². The average Bonchev–Trinajstić information content (AvgIpc) is 3.57. The molecule has 1 saturated heterocycles. The number of rotatable bonds is 18. The van der Waals surface area contributed by atoms with Crippen molar-refractivity contribution in [2.75, 3.05) is 32.7 Å². The molecular weight excluding hydrogens is 651 g/mol. The number of nitrogens with two attached hydrogens (primary N) is 1. The van der Waals surface area contributed by atoms with Crippen LogP contribution in [0, 0.1) is 5.92 Å². The number of phenols is 1. The molecule has 12 heteroatoms. The molecule has 0 saturated carbocycles. The summed E-state index contributed by atoms with van der Waals surface area (Å²) in [5.74, 6) is -2.83. The quantitative estimate of drug-likeness (QED) is 0.0928. The molecule has 7 N–H and O–H groups in total. The Bertz CT molecular complexity index is 1420. The molecule has 0 bridgehead atoms. The Morgan fingerprint density at radius 2 is 1.42 bits per heavy atom. The molecule has 3 aromatic rings. The molecule has 9 nitrogen and oxygen atoms in total. The molecule has 274 valence electrons. The van der Waals surface area contributed by atoms with Crippen molar-refractivity contribution in [2.45, 2.75) is 75.7 Å². The highest BCUT2D eigenvalue weighted by Gasteiger charge is 2.49. The lowest BCUT2D eigenvalue weighted by Gasteiger charge is -2.37. The summed E-state index contributed by atoms with van der Waals surface area (Å²) in [6.45, 7) is 3.99. The third kappa shape index (κ3) is 11.5. The van der Waals surface area contributed by atoms with Crippen molar-refractivity contribution in [3.05, 3.63) is 101 Å². The first-order valence-corrected chi connectivity index (χ1v) is 17.2. The highest BCUT2D eigenvalue weighted by molar-refractivity contribution is 5.91. The van der Waals surface area contributed by atoms with Crippen molar-refractivity contribution in [2.24, 2.45) is 11.7 Å². The van der Waals surface area contributed by atoms with Crippen molar-refractivity contribution >= 4 is 11.9 Å². The molecule has 2 atom stereocenters. The van der Waals surface area contributed by atoms with E-state index in [1.54, 1.807) is 12.1 Å². The fourth-order valence-electron chi connectivity index (χ4n) is 6.68. The summed E-state index contributed by atoms with van der Waals surface area (Å²) >= 11 is 0. The largest absolute Gasteiger partial charge is 0.508 e. The zero-order chi connectivity index (χ0) is 36.6. The second-order valence-electron chi connectivity index (χ2n) is 12.7. The van der Waals surface area contributed by atoms with E-state index in [-0.39, 0.29) is 24.2 Å². The van der Waals surface area contributed by atoms with E-state index in [1.807, 2.05) is 60.7 Å². The van der Waals surface area contributed by atoms with E-state index >= 15 is 0 Å². The van der Waals surface area contributed by atoms with Crippen molar-refractivity contribution in [3.8, 4) is 5.75 Å². The van der Waals surface area contributed by atoms with Gasteiger partial charge in [-0.25, -0.2) is 4.79 Å². The summed E-state index contributed by atoms with van der Waals surface area (Å²) in [4.78, 5) is 24.7. The van der Waals surface area contributed by atoms with Gasteiger partial charge in [0, 0.05) is 18.7 Å². The van der Waals surface area contributed by atoms with Gasteiger partial charge in [0.15, 0.2) is 0 Å². The summed E-state index contributed by atoms with van der Waals surface area (Å²) < 4.78 is 31.7. The summed E-state index contributed by atoms with van der Waals surface area (Å²) in [6, 6.07) is 25.0. The number of primary amides is 1. The summed E-state index contributed by atoms with van der Waals surface area (Å²) in [7, 11) is 0. The number of halogens is 3. The Morgan fingerprint density at radius 3 is 1.94 bits per heavy atom. The third-order valence-corrected chi connectivity index (χ3v) is 9.30. The van der Waals surface area contributed by atoms with Crippen LogP contribution in [-0.4, -0.2) is 76.1 Å². The summed E-state index contributed by atoms with van der Waals surface area (Å²) in [5.41, 5.74) is 8.51. The number of nitrogens with zero attached hydrogens (tertiary/aromatic N) is 1. The van der Waals surface area contributed by atoms with E-state index in [1.165, 1.54) is 44.6 Å². The number of hydrogen-bond donors (Lipinski definition) is 6. The standard InChI is InChI=1S/C36H49N3O4.C2HF3O2/c37-35(43)36(30-14-8-6-9-15-30,31-16-10-7-11-17-31)32-20-23-39(26-32)22-13-5-3-1-2-4-12-21-38-25-34(42)28-18-19-33(41)29(24-28)27-40;3-2(4,5)1(6)7/h6-11,14-19,24,32,34,38,40-42H,1-5,12-13,20-23,25-27H2,(H2,37,43);(H,6,7)/t32-,34+;/m1./s1. The molecule has 1 amide bonds. The first-order valence-electron chi connectivity index (χ1n) is 17.2. The van der Waals surface area contributed by atoms with Crippen molar-refractivity contribution in [1.82, 2.24) is 10.2 Å². The highest BCUT2D eigenvalue weighted by Crippen LogP contribution is 2.43. The maximum atomic E-state index is 13.3. The van der Waals surface area contributed by atoms with Crippen LogP contribution in [0.5, 0.6) is 5.75 Å². The number of unbranched alkanes of at least 4 members (excludes halogenated alkanes) is 6. The molecule has 50 heavy (non-hydrogen) atoms. The van der Waals surface area contributed by atoms with E-state index < -0.39 is 23.7 Å². The number of benzene rings is 3. The Kier molecular flexibility index (Phi) is 16.2. The average molecular weight is 702 g/mol. The van der Waals surface area contributed by atoms with Crippen LogP contribution in [0.3, 0.4) is 0 Å². The van der Waals surface area contributed by atoms with Gasteiger partial charge in [-0.05, 0) is 73.6 Å². The van der Waals surface area contributed by atoms with Crippen molar-refractivity contribution in [1.29, 1.82) is 0 Å². The number of likely N-dealkylation sites (tertiary alicyclic amines) is 1. The van der Waals surface area contributed by atoms with Gasteiger partial charge < -0.3 is 36.4 Å². The topological polar surface area (TPSA) is 156 Å². The van der Waals surface area contributed by atoms with E-state index in [2.05, 4.69) is 10.2 Å². The first-order chi connectivity index (χ1) is 23.9. The second-order valence-corrected chi connectivity index (χ2v) is 12.7. The molecule has 1 fully saturated rings. The SMILES string of the molecule is NC(=O)C(c1ccccc1)(c1ccccc1)[C@@H]1CCN(CCCCCCCCCNC[C@H](O)c2ccc(O)c(CO)c2)C1.O=C(O)C(F)(F)F. The minimum Gasteiger partial charge on any atom is -0.508 e. The van der Waals surface area contributed by atoms with Crippen LogP contribution in [0.2, 0.25) is 0 Å². The van der Waals surface area contributed by atoms with Gasteiger partial charge >= 0.3 is 12.1 Å². The number of carboxylic acids is 1. The van der Waals surface area contributed by atoms with E-state index in [4.69, 9.17) is 15.6 Å². The van der Waals surface area contributed by atoms with E-state index in [9.17, 15) is 33.3 Å². The van der Waals surface area contributed by atoms with Gasteiger partial charge in [-0.1, -0.05) is 98.8 Å². The monoisotopic (exact) mass is 701 g/mol. The van der Waals surface area contributed by atoms with Gasteiger partial charge in [0.25, 0.3) is 0 Å². The Balaban J connectivity index is 0.000000872. The van der Waals surface area contributed by atoms with Gasteiger partial charge in [0.1, 0.15) is 11.2 Å². The predicted octanol–water partition coefficient (Wildman–Crippen LogP) is 5.67. The van der Waals surface area contributed by atoms with Gasteiger partial charge in [0.2, 0.25) is 5.91 Å². The third-order valence-electron chi connectivity index (χ3n) is 9.30. The summed E-state index contributed by atoms with van der Waals surface area (Å²) in [5, 5.41) is 39.8.